The first-order chi connectivity index (χ1) is 8.89. The van der Waals surface area contributed by atoms with Gasteiger partial charge < -0.3 is 5.32 Å². The fraction of sp³-hybridized carbons (Fsp3) is 0.417. The Bertz CT molecular complexity index is 589. The van der Waals surface area contributed by atoms with Crippen molar-refractivity contribution in [3.8, 4) is 0 Å². The molecule has 1 aliphatic rings. The molecule has 1 saturated heterocycles. The molecule has 0 aliphatic carbocycles. The number of hydrogen-bond donors (Lipinski definition) is 1. The van der Waals surface area contributed by atoms with Crippen molar-refractivity contribution in [2.45, 2.75) is 18.9 Å². The lowest BCUT2D eigenvalue weighted by molar-refractivity contribution is 0.0934. The Balaban J connectivity index is 2.04. The molecule has 0 spiro atoms. The molecule has 0 atom stereocenters. The quantitative estimate of drug-likeness (QED) is 0.874. The number of hydrogen-bond acceptors (Lipinski definition) is 3. The van der Waals surface area contributed by atoms with Crippen LogP contribution in [0.5, 0.6) is 0 Å². The van der Waals surface area contributed by atoms with Crippen LogP contribution < -0.4 is 5.32 Å². The SMILES string of the molecule is O=C(NC1CCS(=O)(=O)CC1)c1cccc(Br)c1Cl. The fourth-order valence-electron chi connectivity index (χ4n) is 1.98. The van der Waals surface area contributed by atoms with E-state index in [9.17, 15) is 13.2 Å². The van der Waals surface area contributed by atoms with Gasteiger partial charge in [0.1, 0.15) is 9.84 Å². The Hall–Kier alpha value is -0.590. The van der Waals surface area contributed by atoms with Crippen LogP contribution in [0.1, 0.15) is 23.2 Å². The highest BCUT2D eigenvalue weighted by Crippen LogP contribution is 2.26. The van der Waals surface area contributed by atoms with Crippen molar-refractivity contribution in [1.29, 1.82) is 0 Å². The molecule has 0 aromatic heterocycles. The Morgan fingerprint density at radius 1 is 1.32 bits per heavy atom. The van der Waals surface area contributed by atoms with Gasteiger partial charge in [-0.1, -0.05) is 17.7 Å². The maximum Gasteiger partial charge on any atom is 0.253 e. The molecular formula is C12H13BrClNO3S. The van der Waals surface area contributed by atoms with Crippen molar-refractivity contribution in [1.82, 2.24) is 5.32 Å². The molecule has 1 fully saturated rings. The number of amides is 1. The Kier molecular flexibility index (Phi) is 4.53. The molecule has 0 bridgehead atoms. The van der Waals surface area contributed by atoms with E-state index in [0.717, 1.165) is 0 Å². The molecule has 0 unspecified atom stereocenters. The van der Waals surface area contributed by atoms with Crippen LogP contribution in [0.15, 0.2) is 22.7 Å². The lowest BCUT2D eigenvalue weighted by atomic mass is 10.1. The summed E-state index contributed by atoms with van der Waals surface area (Å²) < 4.78 is 23.3. The van der Waals surface area contributed by atoms with E-state index < -0.39 is 9.84 Å². The summed E-state index contributed by atoms with van der Waals surface area (Å²) in [6, 6.07) is 5.02. The van der Waals surface area contributed by atoms with E-state index in [1.807, 2.05) is 0 Å². The highest BCUT2D eigenvalue weighted by atomic mass is 79.9. The van der Waals surface area contributed by atoms with Crippen LogP contribution >= 0.6 is 27.5 Å². The highest BCUT2D eigenvalue weighted by Gasteiger charge is 2.25. The molecule has 1 amide bonds. The first-order valence-electron chi connectivity index (χ1n) is 5.84. The lowest BCUT2D eigenvalue weighted by Gasteiger charge is -2.23. The van der Waals surface area contributed by atoms with Crippen LogP contribution in [0.2, 0.25) is 5.02 Å². The zero-order chi connectivity index (χ0) is 14.0. The molecule has 1 aliphatic heterocycles. The maximum absolute atomic E-state index is 12.1. The molecule has 4 nitrogen and oxygen atoms in total. The third-order valence-corrected chi connectivity index (χ3v) is 6.10. The summed E-state index contributed by atoms with van der Waals surface area (Å²) in [5.74, 6) is -0.00971. The Morgan fingerprint density at radius 2 is 1.95 bits per heavy atom. The molecule has 0 radical (unpaired) electrons. The van der Waals surface area contributed by atoms with Crippen molar-refractivity contribution < 1.29 is 13.2 Å². The minimum Gasteiger partial charge on any atom is -0.349 e. The number of carbonyl (C=O) groups excluding carboxylic acids is 1. The molecule has 7 heteroatoms. The van der Waals surface area contributed by atoms with Crippen LogP contribution in [-0.4, -0.2) is 31.9 Å². The van der Waals surface area contributed by atoms with Crippen LogP contribution in [0, 0.1) is 0 Å². The lowest BCUT2D eigenvalue weighted by Crippen LogP contribution is -2.40. The number of halogens is 2. The predicted molar refractivity (Wildman–Crippen MR) is 78.3 cm³/mol. The molecule has 104 valence electrons. The van der Waals surface area contributed by atoms with Gasteiger partial charge in [0.2, 0.25) is 0 Å². The summed E-state index contributed by atoms with van der Waals surface area (Å²) in [6.07, 6.45) is 0.916. The highest BCUT2D eigenvalue weighted by molar-refractivity contribution is 9.10. The normalized spacial score (nSPS) is 19.1. The first kappa shape index (κ1) is 14.8. The summed E-state index contributed by atoms with van der Waals surface area (Å²) in [5, 5.41) is 3.20. The standard InChI is InChI=1S/C12H13BrClNO3S/c13-10-3-1-2-9(11(10)14)12(16)15-8-4-6-19(17,18)7-5-8/h1-3,8H,4-7H2,(H,15,16). The number of benzene rings is 1. The average molecular weight is 367 g/mol. The Labute approximate surface area is 125 Å². The van der Waals surface area contributed by atoms with Crippen LogP contribution in [0.25, 0.3) is 0 Å². The van der Waals surface area contributed by atoms with Crippen molar-refractivity contribution in [2.24, 2.45) is 0 Å². The van der Waals surface area contributed by atoms with E-state index >= 15 is 0 Å². The van der Waals surface area contributed by atoms with E-state index in [1.165, 1.54) is 0 Å². The van der Waals surface area contributed by atoms with Gasteiger partial charge in [0.05, 0.1) is 22.1 Å². The van der Waals surface area contributed by atoms with Crippen molar-refractivity contribution in [3.05, 3.63) is 33.3 Å². The number of nitrogens with one attached hydrogen (secondary N) is 1. The van der Waals surface area contributed by atoms with E-state index in [4.69, 9.17) is 11.6 Å². The molecule has 1 heterocycles. The second-order valence-electron chi connectivity index (χ2n) is 4.50. The maximum atomic E-state index is 12.1. The monoisotopic (exact) mass is 365 g/mol. The van der Waals surface area contributed by atoms with E-state index in [-0.39, 0.29) is 23.5 Å². The smallest absolute Gasteiger partial charge is 0.253 e. The van der Waals surface area contributed by atoms with Gasteiger partial charge in [0.25, 0.3) is 5.91 Å². The second kappa shape index (κ2) is 5.81. The molecule has 1 aromatic rings. The summed E-state index contributed by atoms with van der Waals surface area (Å²) in [5.41, 5.74) is 0.393. The van der Waals surface area contributed by atoms with Gasteiger partial charge >= 0.3 is 0 Å². The van der Waals surface area contributed by atoms with Gasteiger partial charge in [-0.05, 0) is 40.9 Å². The molecule has 0 saturated carbocycles. The van der Waals surface area contributed by atoms with E-state index in [1.54, 1.807) is 18.2 Å². The number of rotatable bonds is 2. The number of sulfone groups is 1. The van der Waals surface area contributed by atoms with Gasteiger partial charge in [-0.2, -0.15) is 0 Å². The van der Waals surface area contributed by atoms with Gasteiger partial charge in [-0.15, -0.1) is 0 Å². The number of carbonyl (C=O) groups is 1. The fourth-order valence-corrected chi connectivity index (χ4v) is 4.05. The van der Waals surface area contributed by atoms with Crippen LogP contribution in [-0.2, 0) is 9.84 Å². The van der Waals surface area contributed by atoms with Crippen molar-refractivity contribution in [3.63, 3.8) is 0 Å². The summed E-state index contributed by atoms with van der Waals surface area (Å²) in [4.78, 5) is 12.1. The zero-order valence-electron chi connectivity index (χ0n) is 10.0. The topological polar surface area (TPSA) is 63.2 Å². The third-order valence-electron chi connectivity index (χ3n) is 3.09. The first-order valence-corrected chi connectivity index (χ1v) is 8.83. The molecule has 2 rings (SSSR count). The Morgan fingerprint density at radius 3 is 2.58 bits per heavy atom. The molecule has 1 N–H and O–H groups in total. The minimum absolute atomic E-state index is 0.105. The molecule has 1 aromatic carbocycles. The summed E-state index contributed by atoms with van der Waals surface area (Å²) in [6.45, 7) is 0. The second-order valence-corrected chi connectivity index (χ2v) is 8.04. The molecular weight excluding hydrogens is 354 g/mol. The third kappa shape index (κ3) is 3.70. The summed E-state index contributed by atoms with van der Waals surface area (Å²) in [7, 11) is -2.92. The van der Waals surface area contributed by atoms with Crippen molar-refractivity contribution in [2.75, 3.05) is 11.5 Å². The van der Waals surface area contributed by atoms with Gasteiger partial charge in [0.15, 0.2) is 0 Å². The van der Waals surface area contributed by atoms with Crippen LogP contribution in [0.4, 0.5) is 0 Å². The van der Waals surface area contributed by atoms with Crippen LogP contribution in [0.3, 0.4) is 0 Å². The van der Waals surface area contributed by atoms with E-state index in [2.05, 4.69) is 21.2 Å². The van der Waals surface area contributed by atoms with E-state index in [0.29, 0.717) is 27.9 Å². The van der Waals surface area contributed by atoms with Gasteiger partial charge in [-0.3, -0.25) is 4.79 Å². The predicted octanol–water partition coefficient (Wildman–Crippen LogP) is 2.41. The van der Waals surface area contributed by atoms with Crippen molar-refractivity contribution >= 4 is 43.3 Å². The zero-order valence-corrected chi connectivity index (χ0v) is 13.2. The summed E-state index contributed by atoms with van der Waals surface area (Å²) >= 11 is 9.31. The largest absolute Gasteiger partial charge is 0.349 e. The molecule has 19 heavy (non-hydrogen) atoms. The van der Waals surface area contributed by atoms with Gasteiger partial charge in [0, 0.05) is 10.5 Å². The minimum atomic E-state index is -2.92. The average Bonchev–Trinajstić information content (AvgIpc) is 2.35. The van der Waals surface area contributed by atoms with Gasteiger partial charge in [-0.25, -0.2) is 8.42 Å².